The Hall–Kier alpha value is -9.16. The number of urea groups is 1. The molecule has 25 heteroatoms. The van der Waals surface area contributed by atoms with E-state index in [4.69, 9.17) is 19.9 Å². The molecule has 0 radical (unpaired) electrons. The number of unbranched alkanes of at least 4 members (excludes halogenated alkanes) is 2. The lowest BCUT2D eigenvalue weighted by molar-refractivity contribution is -0.137. The summed E-state index contributed by atoms with van der Waals surface area (Å²) in [7, 11) is 4.25. The first-order valence-corrected chi connectivity index (χ1v) is 26.5. The molecule has 4 aromatic rings. The van der Waals surface area contributed by atoms with Gasteiger partial charge in [-0.3, -0.25) is 38.5 Å². The van der Waals surface area contributed by atoms with E-state index in [9.17, 15) is 58.2 Å². The summed E-state index contributed by atoms with van der Waals surface area (Å²) in [6.07, 6.45) is 5.25. The number of Topliss-reactive ketones (excluding diaryl/α,β-unsaturated/α-hetero) is 1. The third-order valence-corrected chi connectivity index (χ3v) is 14.4. The summed E-state index contributed by atoms with van der Waals surface area (Å²) in [5.74, 6) is -4.79. The minimum Gasteiger partial charge on any atom is -0.507 e. The van der Waals surface area contributed by atoms with Crippen LogP contribution in [0, 0.1) is 11.8 Å². The quantitative estimate of drug-likeness (QED) is 0.0268. The van der Waals surface area contributed by atoms with Crippen molar-refractivity contribution in [2.75, 3.05) is 59.3 Å². The second-order valence-electron chi connectivity index (χ2n) is 20.3. The maximum atomic E-state index is 13.9. The van der Waals surface area contributed by atoms with Gasteiger partial charge in [-0.1, -0.05) is 49.7 Å². The molecule has 7 rings (SSSR count). The van der Waals surface area contributed by atoms with Gasteiger partial charge in [-0.25, -0.2) is 19.1 Å². The largest absolute Gasteiger partial charge is 0.507 e. The van der Waals surface area contributed by atoms with E-state index in [1.807, 2.05) is 13.8 Å². The number of rotatable bonds is 25. The summed E-state index contributed by atoms with van der Waals surface area (Å²) >= 11 is 0. The summed E-state index contributed by atoms with van der Waals surface area (Å²) in [5, 5.41) is 39.6. The molecule has 25 nitrogen and oxygen atoms in total. The molecule has 81 heavy (non-hydrogen) atoms. The number of methoxy groups -OCH3 is 1. The monoisotopic (exact) mass is 1120 g/mol. The number of fused-ring (bicyclic) bond motifs is 3. The van der Waals surface area contributed by atoms with Gasteiger partial charge in [-0.05, 0) is 74.6 Å². The van der Waals surface area contributed by atoms with Gasteiger partial charge in [0, 0.05) is 87.1 Å². The fraction of sp³-hybridized carbons (Fsp3) is 0.429. The summed E-state index contributed by atoms with van der Waals surface area (Å²) in [5.41, 5.74) is 6.42. The number of nitrogens with two attached hydrogens (primary N) is 1. The molecule has 1 aromatic heterocycles. The lowest BCUT2D eigenvalue weighted by Crippen LogP contribution is -2.38. The molecule has 0 saturated carbocycles. The van der Waals surface area contributed by atoms with Crippen LogP contribution in [0.2, 0.25) is 0 Å². The first-order valence-electron chi connectivity index (χ1n) is 26.5. The van der Waals surface area contributed by atoms with E-state index in [0.29, 0.717) is 42.6 Å². The van der Waals surface area contributed by atoms with E-state index in [2.05, 4.69) is 26.3 Å². The molecule has 2 heterocycles. The van der Waals surface area contributed by atoms with Crippen LogP contribution in [-0.4, -0.2) is 153 Å². The summed E-state index contributed by atoms with van der Waals surface area (Å²) in [6.45, 7) is 3.59. The lowest BCUT2D eigenvalue weighted by atomic mass is 9.75. The number of hydrogen-bond acceptors (Lipinski definition) is 17. The van der Waals surface area contributed by atoms with E-state index >= 15 is 0 Å². The highest BCUT2D eigenvalue weighted by Crippen LogP contribution is 2.47. The van der Waals surface area contributed by atoms with Gasteiger partial charge in [0.15, 0.2) is 18.2 Å². The molecule has 0 fully saturated rings. The number of aromatic nitrogens is 3. The zero-order valence-electron chi connectivity index (χ0n) is 45.7. The minimum absolute atomic E-state index is 0.00731. The van der Waals surface area contributed by atoms with Crippen LogP contribution in [0.5, 0.6) is 17.2 Å². The number of likely N-dealkylation sites (N-methyl/N-ethyl adjacent to an activating group) is 2. The topological polar surface area (TPSA) is 341 Å². The predicted octanol–water partition coefficient (Wildman–Crippen LogP) is 4.41. The Morgan fingerprint density at radius 3 is 2.16 bits per heavy atom. The molecule has 8 amide bonds. The van der Waals surface area contributed by atoms with E-state index in [1.165, 1.54) is 66.0 Å². The molecule has 0 bridgehead atoms. The van der Waals surface area contributed by atoms with Crippen LogP contribution < -0.4 is 26.4 Å². The van der Waals surface area contributed by atoms with Crippen LogP contribution in [0.25, 0.3) is 0 Å². The van der Waals surface area contributed by atoms with Gasteiger partial charge in [0.1, 0.15) is 35.6 Å². The number of carbonyl (C=O) groups excluding carboxylic acids is 10. The van der Waals surface area contributed by atoms with E-state index in [1.54, 1.807) is 30.5 Å². The van der Waals surface area contributed by atoms with Gasteiger partial charge in [0.2, 0.25) is 17.6 Å². The van der Waals surface area contributed by atoms with Crippen molar-refractivity contribution in [3.8, 4) is 17.2 Å². The molecule has 3 atom stereocenters. The molecule has 430 valence electrons. The number of ketones is 3. The second kappa shape index (κ2) is 26.7. The average Bonchev–Trinajstić information content (AvgIpc) is 4.08. The molecular weight excluding hydrogens is 1050 g/mol. The van der Waals surface area contributed by atoms with Crippen LogP contribution in [-0.2, 0) is 52.9 Å². The number of nitrogens with zero attached hydrogens (tertiary/aromatic N) is 6. The number of phenols is 2. The maximum Gasteiger partial charge on any atom is 0.409 e. The Morgan fingerprint density at radius 1 is 0.827 bits per heavy atom. The van der Waals surface area contributed by atoms with Gasteiger partial charge in [0.05, 0.1) is 36.0 Å². The fourth-order valence-corrected chi connectivity index (χ4v) is 9.78. The number of hydrogen-bond donors (Lipinski definition) is 6. The Kier molecular flexibility index (Phi) is 19.6. The summed E-state index contributed by atoms with van der Waals surface area (Å²) < 4.78 is 17.5. The van der Waals surface area contributed by atoms with Crippen molar-refractivity contribution in [1.29, 1.82) is 0 Å². The number of carbonyl (C=O) groups is 10. The second-order valence-corrected chi connectivity index (χ2v) is 20.3. The number of aromatic hydroxyl groups is 2. The highest BCUT2D eigenvalue weighted by molar-refractivity contribution is 6.31. The van der Waals surface area contributed by atoms with Crippen molar-refractivity contribution in [3.05, 3.63) is 105 Å². The Morgan fingerprint density at radius 2 is 1.49 bits per heavy atom. The minimum atomic E-state index is -0.898. The Bertz CT molecular complexity index is 3120. The smallest absolute Gasteiger partial charge is 0.409 e. The van der Waals surface area contributed by atoms with Crippen molar-refractivity contribution < 1.29 is 72.4 Å². The van der Waals surface area contributed by atoms with E-state index < -0.39 is 77.6 Å². The van der Waals surface area contributed by atoms with Crippen LogP contribution in [0.1, 0.15) is 125 Å². The summed E-state index contributed by atoms with van der Waals surface area (Å²) in [4.78, 5) is 132. The standard InChI is InChI=1S/C56H66N10O15/c1-31(2)48(60-42(68)14-7-6-8-24-65-43(69)21-22-44(65)70)38-28-66(62-61-38)39(12-10-23-58-54(57)76)53(75)59-34-18-15-32(16-19-34)29-80-55(77)63(3)25-26-64(4)56(78)81-30-40(67)33-17-20-35-37(27-33)51(73)46-47(49(35)71)52(74)45-36(50(46)72)11-9-13-41(45)79-5/h9,11,13,15-16,18-19,21-22,28,31,33,39,48,71,73H,6-8,10,12,14,17,20,23-27,29-30H2,1-5H3,(H,59,75)(H,60,68)(H3,57,58,76)/t33-,39-,48-/m0/s1. The number of amides is 8. The van der Waals surface area contributed by atoms with Crippen molar-refractivity contribution >= 4 is 64.9 Å². The van der Waals surface area contributed by atoms with Gasteiger partial charge in [0.25, 0.3) is 11.8 Å². The SMILES string of the molecule is COc1cccc2c1C(=O)c1c(O)c3c(c(O)c1C2=O)C[C@@H](C(=O)COC(=O)N(C)CCN(C)C(=O)OCc1ccc(NC(=O)[C@H](CCCNC(N)=O)n2cc([C@@H](NC(=O)CCCCCN4C(=O)C=CC4=O)C(C)C)nn2)cc1)CC3. The molecule has 7 N–H and O–H groups in total. The molecule has 1 aliphatic heterocycles. The highest BCUT2D eigenvalue weighted by atomic mass is 16.6. The van der Waals surface area contributed by atoms with Gasteiger partial charge in [-0.15, -0.1) is 5.10 Å². The lowest BCUT2D eigenvalue weighted by Gasteiger charge is -2.29. The molecule has 0 spiro atoms. The third-order valence-electron chi connectivity index (χ3n) is 14.4. The normalized spacial score (nSPS) is 15.0. The first kappa shape index (κ1) is 59.5. The molecule has 2 aliphatic carbocycles. The average molecular weight is 1120 g/mol. The number of imide groups is 1. The van der Waals surface area contributed by atoms with Crippen molar-refractivity contribution in [2.45, 2.75) is 90.3 Å². The van der Waals surface area contributed by atoms with Gasteiger partial charge >= 0.3 is 18.2 Å². The summed E-state index contributed by atoms with van der Waals surface area (Å²) in [6, 6.07) is 8.88. The molecule has 3 aliphatic rings. The van der Waals surface area contributed by atoms with Crippen molar-refractivity contribution in [3.63, 3.8) is 0 Å². The Labute approximate surface area is 466 Å². The van der Waals surface area contributed by atoms with Gasteiger partial charge in [-0.2, -0.15) is 0 Å². The number of benzene rings is 3. The zero-order valence-corrected chi connectivity index (χ0v) is 45.7. The van der Waals surface area contributed by atoms with Crippen LogP contribution >= 0.6 is 0 Å². The fourth-order valence-electron chi connectivity index (χ4n) is 9.78. The first-order chi connectivity index (χ1) is 38.7. The molecule has 0 saturated heterocycles. The number of primary amides is 1. The number of anilines is 1. The van der Waals surface area contributed by atoms with Crippen LogP contribution in [0.4, 0.5) is 20.1 Å². The number of nitrogens with one attached hydrogen (secondary N) is 3. The predicted molar refractivity (Wildman–Crippen MR) is 288 cm³/mol. The highest BCUT2D eigenvalue weighted by Gasteiger charge is 2.41. The Balaban J connectivity index is 0.849. The molecular formula is C56H66N10O15. The molecule has 3 aromatic carbocycles. The van der Waals surface area contributed by atoms with Crippen LogP contribution in [0.15, 0.2) is 60.8 Å². The van der Waals surface area contributed by atoms with Gasteiger partial charge < -0.3 is 55.9 Å². The number of phenolic OH excluding ortho intramolecular Hbond substituents is 2. The maximum absolute atomic E-state index is 13.9. The van der Waals surface area contributed by atoms with E-state index in [0.717, 1.165) is 4.90 Å². The molecule has 0 unspecified atom stereocenters. The number of ether oxygens (including phenoxy) is 3. The van der Waals surface area contributed by atoms with Crippen LogP contribution in [0.3, 0.4) is 0 Å². The zero-order chi connectivity index (χ0) is 58.7. The third kappa shape index (κ3) is 14.2. The van der Waals surface area contributed by atoms with Crippen molar-refractivity contribution in [2.24, 2.45) is 17.6 Å². The van der Waals surface area contributed by atoms with E-state index in [-0.39, 0.29) is 128 Å². The van der Waals surface area contributed by atoms with Crippen molar-refractivity contribution in [1.82, 2.24) is 40.3 Å².